The first-order valence-electron chi connectivity index (χ1n) is 5.41. The number of hydrogen-bond acceptors (Lipinski definition) is 4. The number of amides is 1. The minimum absolute atomic E-state index is 0.0708. The third-order valence-corrected chi connectivity index (χ3v) is 2.88. The fourth-order valence-corrected chi connectivity index (χ4v) is 1.81. The van der Waals surface area contributed by atoms with E-state index in [9.17, 15) is 9.90 Å². The molecule has 1 heterocycles. The van der Waals surface area contributed by atoms with E-state index in [0.717, 1.165) is 6.42 Å². The zero-order valence-corrected chi connectivity index (χ0v) is 9.52. The highest BCUT2D eigenvalue weighted by atomic mass is 16.4. The number of oxime groups is 1. The van der Waals surface area contributed by atoms with E-state index in [4.69, 9.17) is 10.9 Å². The normalized spacial score (nSPS) is 27.6. The molecule has 0 radical (unpaired) electrons. The van der Waals surface area contributed by atoms with Crippen molar-refractivity contribution in [2.45, 2.75) is 38.2 Å². The molecule has 0 bridgehead atoms. The second-order valence-electron chi connectivity index (χ2n) is 4.50. The Bertz CT molecular complexity index is 289. The molecule has 0 spiro atoms. The van der Waals surface area contributed by atoms with Crippen LogP contribution in [0.5, 0.6) is 0 Å². The molecule has 6 nitrogen and oxygen atoms in total. The summed E-state index contributed by atoms with van der Waals surface area (Å²) in [5.74, 6) is -0.242. The van der Waals surface area contributed by atoms with Gasteiger partial charge in [0.2, 0.25) is 5.91 Å². The Morgan fingerprint density at radius 1 is 1.50 bits per heavy atom. The number of aliphatic hydroxyl groups is 1. The summed E-state index contributed by atoms with van der Waals surface area (Å²) in [4.78, 5) is 13.4. The summed E-state index contributed by atoms with van der Waals surface area (Å²) < 4.78 is 0. The molecule has 1 amide bonds. The Labute approximate surface area is 94.7 Å². The fourth-order valence-electron chi connectivity index (χ4n) is 1.81. The van der Waals surface area contributed by atoms with E-state index in [1.165, 1.54) is 0 Å². The molecule has 0 aromatic heterocycles. The highest BCUT2D eigenvalue weighted by Crippen LogP contribution is 2.21. The smallest absolute Gasteiger partial charge is 0.230 e. The fraction of sp³-hybridized carbons (Fsp3) is 0.800. The van der Waals surface area contributed by atoms with Gasteiger partial charge in [0.25, 0.3) is 0 Å². The first-order valence-corrected chi connectivity index (χ1v) is 5.41. The Hall–Kier alpha value is -1.30. The summed E-state index contributed by atoms with van der Waals surface area (Å²) in [6, 6.07) is 0. The van der Waals surface area contributed by atoms with Crippen molar-refractivity contribution < 1.29 is 15.1 Å². The maximum absolute atomic E-state index is 11.7. The summed E-state index contributed by atoms with van der Waals surface area (Å²) in [5, 5.41) is 21.0. The first-order chi connectivity index (χ1) is 7.44. The first kappa shape index (κ1) is 12.8. The quantitative estimate of drug-likeness (QED) is 0.266. The van der Waals surface area contributed by atoms with Crippen LogP contribution in [0.25, 0.3) is 0 Å². The summed E-state index contributed by atoms with van der Waals surface area (Å²) in [7, 11) is 0. The van der Waals surface area contributed by atoms with Crippen LogP contribution in [0.1, 0.15) is 32.6 Å². The van der Waals surface area contributed by atoms with Gasteiger partial charge in [0.1, 0.15) is 5.84 Å². The molecule has 4 N–H and O–H groups in total. The van der Waals surface area contributed by atoms with Crippen molar-refractivity contribution in [2.24, 2.45) is 10.9 Å². The van der Waals surface area contributed by atoms with Crippen LogP contribution in [-0.2, 0) is 4.79 Å². The number of carbonyl (C=O) groups is 1. The van der Waals surface area contributed by atoms with Gasteiger partial charge in [-0.2, -0.15) is 0 Å². The van der Waals surface area contributed by atoms with Crippen LogP contribution in [0, 0.1) is 0 Å². The molecule has 1 unspecified atom stereocenters. The molecule has 1 saturated heterocycles. The van der Waals surface area contributed by atoms with E-state index in [-0.39, 0.29) is 18.2 Å². The second-order valence-corrected chi connectivity index (χ2v) is 4.50. The Balaban J connectivity index is 2.51. The summed E-state index contributed by atoms with van der Waals surface area (Å²) >= 11 is 0. The van der Waals surface area contributed by atoms with E-state index in [1.807, 2.05) is 0 Å². The largest absolute Gasteiger partial charge is 0.409 e. The van der Waals surface area contributed by atoms with E-state index in [1.54, 1.807) is 11.8 Å². The SMILES string of the molecule is CC1(O)CCCN(C(=O)CC(N)=NO)CC1. The van der Waals surface area contributed by atoms with Crippen molar-refractivity contribution in [1.82, 2.24) is 4.90 Å². The van der Waals surface area contributed by atoms with E-state index in [0.29, 0.717) is 25.9 Å². The van der Waals surface area contributed by atoms with Gasteiger partial charge in [-0.15, -0.1) is 0 Å². The van der Waals surface area contributed by atoms with Gasteiger partial charge in [0.05, 0.1) is 12.0 Å². The minimum atomic E-state index is -0.689. The van der Waals surface area contributed by atoms with E-state index < -0.39 is 5.60 Å². The molecule has 1 aliphatic heterocycles. The Morgan fingerprint density at radius 3 is 2.81 bits per heavy atom. The predicted octanol–water partition coefficient (Wildman–Crippen LogP) is -0.114. The summed E-state index contributed by atoms with van der Waals surface area (Å²) in [6.45, 7) is 2.92. The number of hydrogen-bond donors (Lipinski definition) is 3. The molecular weight excluding hydrogens is 210 g/mol. The monoisotopic (exact) mass is 229 g/mol. The van der Waals surface area contributed by atoms with Gasteiger partial charge in [-0.05, 0) is 26.2 Å². The Kier molecular flexibility index (Phi) is 4.12. The minimum Gasteiger partial charge on any atom is -0.409 e. The highest BCUT2D eigenvalue weighted by molar-refractivity contribution is 5.98. The molecule has 1 atom stereocenters. The van der Waals surface area contributed by atoms with Crippen molar-refractivity contribution in [3.8, 4) is 0 Å². The highest BCUT2D eigenvalue weighted by Gasteiger charge is 2.27. The zero-order valence-electron chi connectivity index (χ0n) is 9.52. The molecular formula is C10H19N3O3. The van der Waals surface area contributed by atoms with Crippen LogP contribution in [0.2, 0.25) is 0 Å². The molecule has 0 saturated carbocycles. The lowest BCUT2D eigenvalue weighted by Gasteiger charge is -2.22. The van der Waals surface area contributed by atoms with Gasteiger partial charge < -0.3 is 20.9 Å². The third-order valence-electron chi connectivity index (χ3n) is 2.88. The number of nitrogens with two attached hydrogens (primary N) is 1. The number of nitrogens with zero attached hydrogens (tertiary/aromatic N) is 2. The van der Waals surface area contributed by atoms with Crippen LogP contribution in [0.4, 0.5) is 0 Å². The lowest BCUT2D eigenvalue weighted by atomic mass is 9.98. The number of amidine groups is 1. The summed E-state index contributed by atoms with van der Waals surface area (Å²) in [6.07, 6.45) is 1.96. The van der Waals surface area contributed by atoms with Gasteiger partial charge in [0, 0.05) is 13.1 Å². The Morgan fingerprint density at radius 2 is 2.19 bits per heavy atom. The number of carbonyl (C=O) groups excluding carboxylic acids is 1. The molecule has 0 aliphatic carbocycles. The predicted molar refractivity (Wildman–Crippen MR) is 59.1 cm³/mol. The maximum Gasteiger partial charge on any atom is 0.230 e. The van der Waals surface area contributed by atoms with Crippen LogP contribution in [0.15, 0.2) is 5.16 Å². The molecule has 6 heteroatoms. The van der Waals surface area contributed by atoms with Crippen molar-refractivity contribution >= 4 is 11.7 Å². The van der Waals surface area contributed by atoms with Crippen molar-refractivity contribution in [3.05, 3.63) is 0 Å². The standard InChI is InChI=1S/C10H19N3O3/c1-10(15)3-2-5-13(6-4-10)9(14)7-8(11)12-16/h15-16H,2-7H2,1H3,(H2,11,12). The van der Waals surface area contributed by atoms with E-state index >= 15 is 0 Å². The van der Waals surface area contributed by atoms with E-state index in [2.05, 4.69) is 5.16 Å². The second kappa shape index (κ2) is 5.16. The van der Waals surface area contributed by atoms with Gasteiger partial charge in [-0.3, -0.25) is 4.79 Å². The lowest BCUT2D eigenvalue weighted by Crippen LogP contribution is -2.35. The summed E-state index contributed by atoms with van der Waals surface area (Å²) in [5.41, 5.74) is 4.59. The topological polar surface area (TPSA) is 99.2 Å². The average molecular weight is 229 g/mol. The molecule has 92 valence electrons. The lowest BCUT2D eigenvalue weighted by molar-refractivity contribution is -0.130. The maximum atomic E-state index is 11.7. The van der Waals surface area contributed by atoms with Gasteiger partial charge in [-0.25, -0.2) is 0 Å². The number of rotatable bonds is 2. The molecule has 16 heavy (non-hydrogen) atoms. The number of likely N-dealkylation sites (tertiary alicyclic amines) is 1. The molecule has 1 rings (SSSR count). The van der Waals surface area contributed by atoms with Gasteiger partial charge in [-0.1, -0.05) is 5.16 Å². The zero-order chi connectivity index (χ0) is 12.2. The molecule has 0 aromatic carbocycles. The van der Waals surface area contributed by atoms with Crippen molar-refractivity contribution in [1.29, 1.82) is 0 Å². The molecule has 1 fully saturated rings. The average Bonchev–Trinajstić information content (AvgIpc) is 2.39. The van der Waals surface area contributed by atoms with Crippen molar-refractivity contribution in [2.75, 3.05) is 13.1 Å². The van der Waals surface area contributed by atoms with Crippen LogP contribution in [-0.4, -0.2) is 45.6 Å². The van der Waals surface area contributed by atoms with Crippen molar-refractivity contribution in [3.63, 3.8) is 0 Å². The molecule has 1 aliphatic rings. The van der Waals surface area contributed by atoms with Gasteiger partial charge >= 0.3 is 0 Å². The third kappa shape index (κ3) is 3.69. The van der Waals surface area contributed by atoms with Crippen LogP contribution in [0.3, 0.4) is 0 Å². The molecule has 0 aromatic rings. The van der Waals surface area contributed by atoms with Gasteiger partial charge in [0.15, 0.2) is 0 Å². The van der Waals surface area contributed by atoms with Crippen LogP contribution < -0.4 is 5.73 Å². The van der Waals surface area contributed by atoms with Crippen LogP contribution >= 0.6 is 0 Å².